The predicted octanol–water partition coefficient (Wildman–Crippen LogP) is 8.27. The maximum absolute atomic E-state index is 13.9. The normalized spacial score (nSPS) is 43.4. The molecule has 0 radical (unpaired) electrons. The standard InChI is InChI=1S/C37H57NO5S/c1-22(2)30-26(40)21-37(38-32(41)43-24-13-19-44-20-14-24)18-17-35(7)25(31(30)37)9-10-28-34(6)15-12-29(42-23(3)39)33(4,5)27(34)11-16-36(28,35)8/h22,24,27-30H,9-21H2,1-8H3,(H,38,41)/t27?,28?,29-,30?,34-,35+,36+,37+/m0/s1. The van der Waals surface area contributed by atoms with Gasteiger partial charge in [0.05, 0.1) is 5.54 Å². The second-order valence-electron chi connectivity index (χ2n) is 17.1. The predicted molar refractivity (Wildman–Crippen MR) is 175 cm³/mol. The number of alkyl carbamates (subject to hydrolysis) is 1. The molecule has 6 nitrogen and oxygen atoms in total. The Balaban J connectivity index is 1.36. The van der Waals surface area contributed by atoms with Crippen molar-refractivity contribution < 1.29 is 23.9 Å². The van der Waals surface area contributed by atoms with Crippen molar-refractivity contribution in [3.8, 4) is 0 Å². The minimum absolute atomic E-state index is 0.0240. The summed E-state index contributed by atoms with van der Waals surface area (Å²) in [5.74, 6) is 3.30. The molecule has 0 aromatic rings. The monoisotopic (exact) mass is 627 g/mol. The summed E-state index contributed by atoms with van der Waals surface area (Å²) in [6.45, 7) is 18.2. The number of hydrogen-bond donors (Lipinski definition) is 1. The zero-order chi connectivity index (χ0) is 31.9. The molecule has 5 fully saturated rings. The Kier molecular flexibility index (Phi) is 8.14. The molecule has 6 rings (SSSR count). The van der Waals surface area contributed by atoms with Crippen molar-refractivity contribution >= 4 is 29.6 Å². The average Bonchev–Trinajstić information content (AvgIpc) is 3.22. The number of ether oxygens (including phenoxy) is 2. The van der Waals surface area contributed by atoms with Gasteiger partial charge in [0.2, 0.25) is 0 Å². The van der Waals surface area contributed by atoms with Gasteiger partial charge in [-0.3, -0.25) is 9.59 Å². The highest BCUT2D eigenvalue weighted by atomic mass is 32.2. The number of carbonyl (C=O) groups is 3. The quantitative estimate of drug-likeness (QED) is 0.250. The maximum atomic E-state index is 13.9. The van der Waals surface area contributed by atoms with Gasteiger partial charge in [0.15, 0.2) is 0 Å². The van der Waals surface area contributed by atoms with E-state index in [1.54, 1.807) is 6.92 Å². The van der Waals surface area contributed by atoms with Gasteiger partial charge in [0.25, 0.3) is 0 Å². The number of fused-ring (bicyclic) bond motifs is 6. The van der Waals surface area contributed by atoms with Crippen LogP contribution in [-0.4, -0.2) is 47.1 Å². The van der Waals surface area contributed by atoms with Gasteiger partial charge < -0.3 is 14.8 Å². The lowest BCUT2D eigenvalue weighted by Crippen LogP contribution is -2.65. The fourth-order valence-electron chi connectivity index (χ4n) is 12.2. The van der Waals surface area contributed by atoms with E-state index in [2.05, 4.69) is 53.8 Å². The number of rotatable bonds is 4. The number of thioether (sulfide) groups is 1. The van der Waals surface area contributed by atoms with Crippen LogP contribution in [0.15, 0.2) is 11.1 Å². The molecule has 0 spiro atoms. The van der Waals surface area contributed by atoms with Crippen LogP contribution >= 0.6 is 11.8 Å². The lowest BCUT2D eigenvalue weighted by atomic mass is 9.34. The number of carbonyl (C=O) groups excluding carboxylic acids is 3. The molecule has 5 aliphatic carbocycles. The molecule has 246 valence electrons. The van der Waals surface area contributed by atoms with Gasteiger partial charge in [-0.15, -0.1) is 0 Å². The molecule has 1 heterocycles. The van der Waals surface area contributed by atoms with Crippen molar-refractivity contribution in [2.45, 2.75) is 144 Å². The maximum Gasteiger partial charge on any atom is 0.408 e. The Morgan fingerprint density at radius 3 is 2.25 bits per heavy atom. The van der Waals surface area contributed by atoms with Gasteiger partial charge in [-0.2, -0.15) is 11.8 Å². The molecule has 44 heavy (non-hydrogen) atoms. The van der Waals surface area contributed by atoms with Crippen LogP contribution in [0.1, 0.15) is 126 Å². The molecule has 1 N–H and O–H groups in total. The first-order valence-electron chi connectivity index (χ1n) is 17.6. The fraction of sp³-hybridized carbons (Fsp3) is 0.865. The van der Waals surface area contributed by atoms with Crippen LogP contribution in [0.3, 0.4) is 0 Å². The average molecular weight is 628 g/mol. The first-order valence-corrected chi connectivity index (χ1v) is 18.7. The first kappa shape index (κ1) is 32.4. The molecular formula is C37H57NO5S. The van der Waals surface area contributed by atoms with Gasteiger partial charge in [0, 0.05) is 24.7 Å². The topological polar surface area (TPSA) is 81.7 Å². The first-order chi connectivity index (χ1) is 20.6. The van der Waals surface area contributed by atoms with Crippen molar-refractivity contribution in [2.75, 3.05) is 11.5 Å². The lowest BCUT2D eigenvalue weighted by Gasteiger charge is -2.70. The third-order valence-corrected chi connectivity index (χ3v) is 15.4. The van der Waals surface area contributed by atoms with Crippen LogP contribution in [0.25, 0.3) is 0 Å². The second-order valence-corrected chi connectivity index (χ2v) is 18.3. The van der Waals surface area contributed by atoms with E-state index in [0.29, 0.717) is 18.3 Å². The van der Waals surface area contributed by atoms with Crippen LogP contribution in [0.4, 0.5) is 4.79 Å². The molecule has 6 aliphatic rings. The largest absolute Gasteiger partial charge is 0.462 e. The number of nitrogens with one attached hydrogen (secondary N) is 1. The van der Waals surface area contributed by atoms with E-state index >= 15 is 0 Å². The summed E-state index contributed by atoms with van der Waals surface area (Å²) in [4.78, 5) is 39.3. The smallest absolute Gasteiger partial charge is 0.408 e. The van der Waals surface area contributed by atoms with Gasteiger partial charge >= 0.3 is 12.1 Å². The zero-order valence-electron chi connectivity index (χ0n) is 28.6. The molecule has 1 aliphatic heterocycles. The number of amides is 1. The molecular weight excluding hydrogens is 570 g/mol. The molecule has 0 bridgehead atoms. The number of ketones is 1. The minimum Gasteiger partial charge on any atom is -0.462 e. The van der Waals surface area contributed by atoms with Crippen LogP contribution in [0.5, 0.6) is 0 Å². The van der Waals surface area contributed by atoms with Gasteiger partial charge in [-0.05, 0) is 115 Å². The van der Waals surface area contributed by atoms with E-state index in [4.69, 9.17) is 9.47 Å². The highest BCUT2D eigenvalue weighted by Crippen LogP contribution is 2.75. The molecule has 3 unspecified atom stereocenters. The van der Waals surface area contributed by atoms with Crippen LogP contribution in [-0.2, 0) is 19.1 Å². The molecule has 0 aromatic carbocycles. The molecule has 7 heteroatoms. The Bertz CT molecular complexity index is 1240. The Morgan fingerprint density at radius 1 is 0.886 bits per heavy atom. The third-order valence-electron chi connectivity index (χ3n) is 14.4. The zero-order valence-corrected chi connectivity index (χ0v) is 29.4. The number of esters is 1. The van der Waals surface area contributed by atoms with Crippen LogP contribution in [0, 0.1) is 45.3 Å². The van der Waals surface area contributed by atoms with Crippen molar-refractivity contribution in [1.29, 1.82) is 0 Å². The summed E-state index contributed by atoms with van der Waals surface area (Å²) in [6, 6.07) is 0. The number of allylic oxidation sites excluding steroid dienone is 1. The van der Waals surface area contributed by atoms with Crippen LogP contribution < -0.4 is 5.32 Å². The Morgan fingerprint density at radius 2 is 1.59 bits per heavy atom. The Labute approximate surface area is 270 Å². The van der Waals surface area contributed by atoms with E-state index in [1.807, 2.05) is 11.8 Å². The molecule has 1 saturated heterocycles. The number of Topliss-reactive ketones (excluding diaryl/α,β-unsaturated/α-hetero) is 1. The van der Waals surface area contributed by atoms with E-state index in [1.165, 1.54) is 11.1 Å². The molecule has 0 aromatic heterocycles. The second kappa shape index (κ2) is 11.0. The minimum atomic E-state index is -0.615. The highest BCUT2D eigenvalue weighted by molar-refractivity contribution is 7.99. The summed E-state index contributed by atoms with van der Waals surface area (Å²) < 4.78 is 11.9. The lowest BCUT2D eigenvalue weighted by molar-refractivity contribution is -0.212. The van der Waals surface area contributed by atoms with Crippen molar-refractivity contribution in [3.63, 3.8) is 0 Å². The van der Waals surface area contributed by atoms with Crippen molar-refractivity contribution in [3.05, 3.63) is 11.1 Å². The van der Waals surface area contributed by atoms with Crippen molar-refractivity contribution in [2.24, 2.45) is 45.3 Å². The van der Waals surface area contributed by atoms with E-state index < -0.39 is 5.54 Å². The summed E-state index contributed by atoms with van der Waals surface area (Å²) in [5, 5.41) is 3.39. The summed E-state index contributed by atoms with van der Waals surface area (Å²) >= 11 is 1.92. The molecule has 4 saturated carbocycles. The third kappa shape index (κ3) is 4.74. The highest BCUT2D eigenvalue weighted by Gasteiger charge is 2.69. The van der Waals surface area contributed by atoms with Gasteiger partial charge in [0.1, 0.15) is 18.0 Å². The van der Waals surface area contributed by atoms with Gasteiger partial charge in [-0.1, -0.05) is 54.0 Å². The number of hydrogen-bond acceptors (Lipinski definition) is 6. The van der Waals surface area contributed by atoms with Gasteiger partial charge in [-0.25, -0.2) is 4.79 Å². The molecule has 1 amide bonds. The van der Waals surface area contributed by atoms with E-state index in [9.17, 15) is 14.4 Å². The van der Waals surface area contributed by atoms with E-state index in [0.717, 1.165) is 75.7 Å². The van der Waals surface area contributed by atoms with Crippen molar-refractivity contribution in [1.82, 2.24) is 5.32 Å². The SMILES string of the molecule is CC(=O)O[C@H]1CC[C@@]2(C)C(CC[C@]3(C)C2CCC2=C4C(C(C)C)C(=O)C[C@]4(NC(=O)OC4CCSCC4)CC[C@]23C)C1(C)C. The Hall–Kier alpha value is -1.50. The fourth-order valence-corrected chi connectivity index (χ4v) is 13.3. The van der Waals surface area contributed by atoms with Crippen LogP contribution in [0.2, 0.25) is 0 Å². The molecule has 8 atom stereocenters. The summed E-state index contributed by atoms with van der Waals surface area (Å²) in [7, 11) is 0. The van der Waals surface area contributed by atoms with E-state index in [-0.39, 0.29) is 63.5 Å². The summed E-state index contributed by atoms with van der Waals surface area (Å²) in [5.41, 5.74) is 2.31. The summed E-state index contributed by atoms with van der Waals surface area (Å²) in [6.07, 6.45) is 10.0.